The maximum Gasteiger partial charge on any atom is 0.130 e. The van der Waals surface area contributed by atoms with E-state index in [4.69, 9.17) is 15.2 Å². The number of rotatable bonds is 6. The molecule has 4 nitrogen and oxygen atoms in total. The summed E-state index contributed by atoms with van der Waals surface area (Å²) in [4.78, 5) is 4.42. The molecule has 1 aromatic carbocycles. The molecule has 0 bridgehead atoms. The summed E-state index contributed by atoms with van der Waals surface area (Å²) in [6, 6.07) is 11.8. The molecule has 0 fully saturated rings. The fourth-order valence-electron chi connectivity index (χ4n) is 1.97. The van der Waals surface area contributed by atoms with Crippen LogP contribution >= 0.6 is 0 Å². The summed E-state index contributed by atoms with van der Waals surface area (Å²) in [7, 11) is 1.65. The van der Waals surface area contributed by atoms with Gasteiger partial charge in [0.15, 0.2) is 0 Å². The van der Waals surface area contributed by atoms with Crippen molar-refractivity contribution in [2.75, 3.05) is 13.7 Å². The van der Waals surface area contributed by atoms with Gasteiger partial charge in [0.25, 0.3) is 0 Å². The van der Waals surface area contributed by atoms with Crippen molar-refractivity contribution in [2.45, 2.75) is 20.0 Å². The molecule has 0 atom stereocenters. The van der Waals surface area contributed by atoms with Crippen LogP contribution in [0.15, 0.2) is 36.4 Å². The minimum Gasteiger partial charge on any atom is -0.497 e. The van der Waals surface area contributed by atoms with Crippen molar-refractivity contribution in [2.24, 2.45) is 5.73 Å². The molecule has 20 heavy (non-hydrogen) atoms. The van der Waals surface area contributed by atoms with Crippen LogP contribution in [0, 0.1) is 6.92 Å². The Balaban J connectivity index is 1.99. The molecule has 1 heterocycles. The van der Waals surface area contributed by atoms with Gasteiger partial charge in [-0.25, -0.2) is 0 Å². The highest BCUT2D eigenvalue weighted by atomic mass is 16.5. The van der Waals surface area contributed by atoms with Crippen LogP contribution in [0.2, 0.25) is 0 Å². The van der Waals surface area contributed by atoms with E-state index in [0.717, 1.165) is 29.3 Å². The molecular formula is C16H20N2O2. The first-order valence-corrected chi connectivity index (χ1v) is 6.64. The third-order valence-electron chi connectivity index (χ3n) is 2.96. The summed E-state index contributed by atoms with van der Waals surface area (Å²) in [5.41, 5.74) is 8.51. The average molecular weight is 272 g/mol. The van der Waals surface area contributed by atoms with E-state index in [1.54, 1.807) is 7.11 Å². The molecule has 0 saturated heterocycles. The van der Waals surface area contributed by atoms with Crippen LogP contribution in [0.4, 0.5) is 0 Å². The zero-order valence-electron chi connectivity index (χ0n) is 11.9. The molecule has 2 aromatic rings. The number of ether oxygens (including phenoxy) is 2. The van der Waals surface area contributed by atoms with Crippen molar-refractivity contribution in [3.63, 3.8) is 0 Å². The van der Waals surface area contributed by atoms with Gasteiger partial charge in [0.1, 0.15) is 18.1 Å². The maximum absolute atomic E-state index is 5.73. The smallest absolute Gasteiger partial charge is 0.130 e. The molecule has 0 aliphatic carbocycles. The van der Waals surface area contributed by atoms with E-state index >= 15 is 0 Å². The van der Waals surface area contributed by atoms with Gasteiger partial charge in [-0.3, -0.25) is 4.98 Å². The van der Waals surface area contributed by atoms with E-state index in [-0.39, 0.29) is 0 Å². The van der Waals surface area contributed by atoms with Crippen LogP contribution in [-0.2, 0) is 13.0 Å². The molecule has 2 rings (SSSR count). The van der Waals surface area contributed by atoms with Gasteiger partial charge in [-0.2, -0.15) is 0 Å². The molecule has 2 N–H and O–H groups in total. The van der Waals surface area contributed by atoms with Gasteiger partial charge in [-0.05, 0) is 37.6 Å². The molecule has 4 heteroatoms. The third kappa shape index (κ3) is 3.96. The molecule has 1 aromatic heterocycles. The van der Waals surface area contributed by atoms with Gasteiger partial charge in [0, 0.05) is 17.8 Å². The van der Waals surface area contributed by atoms with Crippen LogP contribution in [-0.4, -0.2) is 18.6 Å². The quantitative estimate of drug-likeness (QED) is 0.877. The number of aryl methyl sites for hydroxylation is 1. The van der Waals surface area contributed by atoms with Gasteiger partial charge in [0.05, 0.1) is 12.8 Å². The van der Waals surface area contributed by atoms with E-state index in [0.29, 0.717) is 13.2 Å². The third-order valence-corrected chi connectivity index (χ3v) is 2.96. The highest BCUT2D eigenvalue weighted by molar-refractivity contribution is 5.29. The first-order valence-electron chi connectivity index (χ1n) is 6.64. The van der Waals surface area contributed by atoms with Gasteiger partial charge in [-0.15, -0.1) is 0 Å². The predicted molar refractivity (Wildman–Crippen MR) is 79.1 cm³/mol. The lowest BCUT2D eigenvalue weighted by Gasteiger charge is -2.09. The standard InChI is InChI=1S/C16H20N2O2/c1-12-9-16(19-2)10-14(18-12)11-20-15-5-3-13(4-6-15)7-8-17/h3-6,9-10H,7-8,11,17H2,1-2H3. The van der Waals surface area contributed by atoms with Crippen molar-refractivity contribution in [1.82, 2.24) is 4.98 Å². The number of hydrogen-bond acceptors (Lipinski definition) is 4. The van der Waals surface area contributed by atoms with Crippen molar-refractivity contribution in [1.29, 1.82) is 0 Å². The predicted octanol–water partition coefficient (Wildman–Crippen LogP) is 2.48. The molecule has 0 saturated carbocycles. The maximum atomic E-state index is 5.73. The second-order valence-corrected chi connectivity index (χ2v) is 4.61. The Bertz CT molecular complexity index is 553. The Morgan fingerprint density at radius 3 is 2.50 bits per heavy atom. The number of aromatic nitrogens is 1. The number of pyridine rings is 1. The van der Waals surface area contributed by atoms with Gasteiger partial charge >= 0.3 is 0 Å². The SMILES string of the molecule is COc1cc(C)nc(COc2ccc(CCN)cc2)c1. The number of methoxy groups -OCH3 is 1. The van der Waals surface area contributed by atoms with E-state index in [1.807, 2.05) is 43.3 Å². The normalized spacial score (nSPS) is 10.3. The highest BCUT2D eigenvalue weighted by Gasteiger charge is 2.02. The fraction of sp³-hybridized carbons (Fsp3) is 0.312. The van der Waals surface area contributed by atoms with Gasteiger partial charge in [0.2, 0.25) is 0 Å². The molecular weight excluding hydrogens is 252 g/mol. The molecule has 106 valence electrons. The second kappa shape index (κ2) is 6.91. The van der Waals surface area contributed by atoms with Crippen molar-refractivity contribution in [3.05, 3.63) is 53.3 Å². The van der Waals surface area contributed by atoms with Crippen molar-refractivity contribution < 1.29 is 9.47 Å². The molecule has 0 radical (unpaired) electrons. The van der Waals surface area contributed by atoms with Crippen molar-refractivity contribution in [3.8, 4) is 11.5 Å². The molecule has 0 unspecified atom stereocenters. The largest absolute Gasteiger partial charge is 0.497 e. The second-order valence-electron chi connectivity index (χ2n) is 4.61. The first-order chi connectivity index (χ1) is 9.71. The minimum atomic E-state index is 0.425. The summed E-state index contributed by atoms with van der Waals surface area (Å²) >= 11 is 0. The highest BCUT2D eigenvalue weighted by Crippen LogP contribution is 2.17. The lowest BCUT2D eigenvalue weighted by atomic mass is 10.1. The molecule has 0 aliphatic rings. The van der Waals surface area contributed by atoms with Crippen molar-refractivity contribution >= 4 is 0 Å². The summed E-state index contributed by atoms with van der Waals surface area (Å²) in [6.07, 6.45) is 0.886. The Kier molecular flexibility index (Phi) is 4.96. The average Bonchev–Trinajstić information content (AvgIpc) is 2.46. The van der Waals surface area contributed by atoms with E-state index in [2.05, 4.69) is 4.98 Å². The first kappa shape index (κ1) is 14.3. The van der Waals surface area contributed by atoms with Gasteiger partial charge in [-0.1, -0.05) is 12.1 Å². The van der Waals surface area contributed by atoms with Crippen LogP contribution in [0.1, 0.15) is 17.0 Å². The Labute approximate surface area is 119 Å². The zero-order valence-corrected chi connectivity index (χ0v) is 11.9. The van der Waals surface area contributed by atoms with Gasteiger partial charge < -0.3 is 15.2 Å². The number of benzene rings is 1. The van der Waals surface area contributed by atoms with Crippen LogP contribution in [0.3, 0.4) is 0 Å². The lowest BCUT2D eigenvalue weighted by molar-refractivity contribution is 0.299. The zero-order chi connectivity index (χ0) is 14.4. The Morgan fingerprint density at radius 2 is 1.85 bits per heavy atom. The Hall–Kier alpha value is -2.07. The number of hydrogen-bond donors (Lipinski definition) is 1. The minimum absolute atomic E-state index is 0.425. The molecule has 0 spiro atoms. The summed E-state index contributed by atoms with van der Waals surface area (Å²) in [5.74, 6) is 1.63. The fourth-order valence-corrected chi connectivity index (χ4v) is 1.97. The number of nitrogens with zero attached hydrogens (tertiary/aromatic N) is 1. The van der Waals surface area contributed by atoms with E-state index in [1.165, 1.54) is 5.56 Å². The van der Waals surface area contributed by atoms with Crippen LogP contribution < -0.4 is 15.2 Å². The summed E-state index contributed by atoms with van der Waals surface area (Å²) in [5, 5.41) is 0. The number of nitrogens with two attached hydrogens (primary N) is 1. The summed E-state index contributed by atoms with van der Waals surface area (Å²) in [6.45, 7) is 3.02. The molecule has 0 aliphatic heterocycles. The van der Waals surface area contributed by atoms with Crippen LogP contribution in [0.25, 0.3) is 0 Å². The van der Waals surface area contributed by atoms with Crippen LogP contribution in [0.5, 0.6) is 11.5 Å². The van der Waals surface area contributed by atoms with E-state index in [9.17, 15) is 0 Å². The summed E-state index contributed by atoms with van der Waals surface area (Å²) < 4.78 is 11.0. The Morgan fingerprint density at radius 1 is 1.10 bits per heavy atom. The lowest BCUT2D eigenvalue weighted by Crippen LogP contribution is -2.03. The molecule has 0 amide bonds. The monoisotopic (exact) mass is 272 g/mol. The topological polar surface area (TPSA) is 57.4 Å². The van der Waals surface area contributed by atoms with E-state index < -0.39 is 0 Å².